The minimum Gasteiger partial charge on any atom is -0.319 e. The van der Waals surface area contributed by atoms with Crippen LogP contribution in [-0.2, 0) is 23.0 Å². The third-order valence-corrected chi connectivity index (χ3v) is 5.78. The van der Waals surface area contributed by atoms with Gasteiger partial charge >= 0.3 is 0 Å². The lowest BCUT2D eigenvalue weighted by Crippen LogP contribution is -2.25. The van der Waals surface area contributed by atoms with E-state index >= 15 is 0 Å². The second-order valence-corrected chi connectivity index (χ2v) is 7.74. The summed E-state index contributed by atoms with van der Waals surface area (Å²) in [5, 5.41) is 5.73. The van der Waals surface area contributed by atoms with Crippen LogP contribution in [0.2, 0.25) is 0 Å². The molecular weight excluding hydrogens is 357 g/mol. The average molecular weight is 377 g/mol. The van der Waals surface area contributed by atoms with Crippen molar-refractivity contribution < 1.29 is 17.6 Å². The Hall–Kier alpha value is -2.29. The number of sulfonamides is 1. The summed E-state index contributed by atoms with van der Waals surface area (Å²) in [6.07, 6.45) is 0.571. The van der Waals surface area contributed by atoms with Crippen LogP contribution in [-0.4, -0.2) is 27.4 Å². The molecule has 6 nitrogen and oxygen atoms in total. The quantitative estimate of drug-likeness (QED) is 0.744. The number of carbonyl (C=O) groups excluding carboxylic acids is 1. The van der Waals surface area contributed by atoms with Crippen LogP contribution in [0, 0.1) is 5.82 Å². The Morgan fingerprint density at radius 1 is 1.19 bits per heavy atom. The van der Waals surface area contributed by atoms with Crippen LogP contribution in [0.1, 0.15) is 28.4 Å². The fourth-order valence-electron chi connectivity index (χ4n) is 2.88. The zero-order chi connectivity index (χ0) is 18.7. The summed E-state index contributed by atoms with van der Waals surface area (Å²) in [4.78, 5) is 12.4. The molecule has 2 aromatic rings. The molecule has 0 saturated heterocycles. The molecule has 1 amide bonds. The van der Waals surface area contributed by atoms with Gasteiger partial charge in [-0.1, -0.05) is 13.0 Å². The first-order valence-corrected chi connectivity index (χ1v) is 9.82. The molecule has 1 aliphatic heterocycles. The number of hydrogen-bond donors (Lipinski definition) is 3. The molecule has 1 heterocycles. The summed E-state index contributed by atoms with van der Waals surface area (Å²) in [6.45, 7) is 3.27. The van der Waals surface area contributed by atoms with Gasteiger partial charge in [-0.05, 0) is 54.4 Å². The summed E-state index contributed by atoms with van der Waals surface area (Å²) in [5.41, 5.74) is 1.89. The SMILES string of the molecule is CCNS(=O)(=O)c1ccc(C(=O)Nc2ccc3c(c2F)CCNC3)cc1. The Balaban J connectivity index is 1.79. The Morgan fingerprint density at radius 3 is 2.62 bits per heavy atom. The first-order chi connectivity index (χ1) is 12.4. The minimum atomic E-state index is -3.58. The van der Waals surface area contributed by atoms with Crippen molar-refractivity contribution in [2.24, 2.45) is 0 Å². The standard InChI is InChI=1S/C18H20FN3O3S/c1-2-21-26(24,25)14-6-3-12(4-7-14)18(23)22-16-8-5-13-11-20-10-9-15(13)17(16)19/h3-8,20-21H,2,9-11H2,1H3,(H,22,23). The van der Waals surface area contributed by atoms with Crippen LogP contribution in [0.25, 0.3) is 0 Å². The molecule has 8 heteroatoms. The van der Waals surface area contributed by atoms with Crippen molar-refractivity contribution in [3.8, 4) is 0 Å². The highest BCUT2D eigenvalue weighted by Gasteiger charge is 2.18. The van der Waals surface area contributed by atoms with Gasteiger partial charge in [-0.15, -0.1) is 0 Å². The number of rotatable bonds is 5. The van der Waals surface area contributed by atoms with E-state index in [1.165, 1.54) is 24.3 Å². The largest absolute Gasteiger partial charge is 0.319 e. The Labute approximate surface area is 151 Å². The highest BCUT2D eigenvalue weighted by Crippen LogP contribution is 2.25. The molecular formula is C18H20FN3O3S. The molecule has 0 saturated carbocycles. The van der Waals surface area contributed by atoms with Gasteiger partial charge in [-0.2, -0.15) is 0 Å². The summed E-state index contributed by atoms with van der Waals surface area (Å²) in [7, 11) is -3.58. The molecule has 2 aromatic carbocycles. The molecule has 0 unspecified atom stereocenters. The number of halogens is 1. The highest BCUT2D eigenvalue weighted by molar-refractivity contribution is 7.89. The van der Waals surface area contributed by atoms with Crippen molar-refractivity contribution in [3.63, 3.8) is 0 Å². The van der Waals surface area contributed by atoms with E-state index in [0.717, 1.165) is 5.56 Å². The molecule has 0 aliphatic carbocycles. The van der Waals surface area contributed by atoms with Gasteiger partial charge in [-0.3, -0.25) is 4.79 Å². The average Bonchev–Trinajstić information content (AvgIpc) is 2.64. The van der Waals surface area contributed by atoms with Gasteiger partial charge in [0.15, 0.2) is 0 Å². The van der Waals surface area contributed by atoms with Gasteiger partial charge in [0.25, 0.3) is 5.91 Å². The molecule has 3 rings (SSSR count). The molecule has 0 spiro atoms. The van der Waals surface area contributed by atoms with E-state index in [0.29, 0.717) is 25.1 Å². The third kappa shape index (κ3) is 3.77. The monoisotopic (exact) mass is 377 g/mol. The number of carbonyl (C=O) groups is 1. The van der Waals surface area contributed by atoms with Crippen molar-refractivity contribution >= 4 is 21.6 Å². The number of fused-ring (bicyclic) bond motifs is 1. The van der Waals surface area contributed by atoms with Gasteiger partial charge in [0.1, 0.15) is 5.82 Å². The Kier molecular flexibility index (Phi) is 5.36. The van der Waals surface area contributed by atoms with Gasteiger partial charge in [-0.25, -0.2) is 17.5 Å². The van der Waals surface area contributed by atoms with Crippen molar-refractivity contribution in [3.05, 3.63) is 58.9 Å². The van der Waals surface area contributed by atoms with E-state index in [9.17, 15) is 17.6 Å². The van der Waals surface area contributed by atoms with E-state index in [1.807, 2.05) is 0 Å². The molecule has 0 fully saturated rings. The second-order valence-electron chi connectivity index (χ2n) is 5.97. The van der Waals surface area contributed by atoms with Crippen molar-refractivity contribution in [1.29, 1.82) is 0 Å². The van der Waals surface area contributed by atoms with E-state index in [4.69, 9.17) is 0 Å². The van der Waals surface area contributed by atoms with Crippen molar-refractivity contribution in [2.75, 3.05) is 18.4 Å². The molecule has 0 radical (unpaired) electrons. The first kappa shape index (κ1) is 18.5. The van der Waals surface area contributed by atoms with Crippen molar-refractivity contribution in [1.82, 2.24) is 10.0 Å². The summed E-state index contributed by atoms with van der Waals surface area (Å²) >= 11 is 0. The predicted molar refractivity (Wildman–Crippen MR) is 97.1 cm³/mol. The van der Waals surface area contributed by atoms with Crippen LogP contribution in [0.5, 0.6) is 0 Å². The topological polar surface area (TPSA) is 87.3 Å². The highest BCUT2D eigenvalue weighted by atomic mass is 32.2. The fourth-order valence-corrected chi connectivity index (χ4v) is 3.92. The third-order valence-electron chi connectivity index (χ3n) is 4.22. The Morgan fingerprint density at radius 2 is 1.92 bits per heavy atom. The van der Waals surface area contributed by atoms with E-state index < -0.39 is 21.7 Å². The van der Waals surface area contributed by atoms with E-state index in [2.05, 4.69) is 15.4 Å². The zero-order valence-corrected chi connectivity index (χ0v) is 15.1. The molecule has 0 aromatic heterocycles. The summed E-state index contributed by atoms with van der Waals surface area (Å²) < 4.78 is 40.8. The number of amides is 1. The van der Waals surface area contributed by atoms with Crippen LogP contribution < -0.4 is 15.4 Å². The molecule has 26 heavy (non-hydrogen) atoms. The molecule has 1 aliphatic rings. The van der Waals surface area contributed by atoms with Crippen LogP contribution in [0.3, 0.4) is 0 Å². The normalized spacial score (nSPS) is 13.9. The smallest absolute Gasteiger partial charge is 0.255 e. The lowest BCUT2D eigenvalue weighted by Gasteiger charge is -2.19. The lowest BCUT2D eigenvalue weighted by molar-refractivity contribution is 0.102. The molecule has 0 atom stereocenters. The number of anilines is 1. The molecule has 0 bridgehead atoms. The fraction of sp³-hybridized carbons (Fsp3) is 0.278. The first-order valence-electron chi connectivity index (χ1n) is 8.34. The van der Waals surface area contributed by atoms with Gasteiger partial charge in [0.05, 0.1) is 10.6 Å². The number of benzene rings is 2. The molecule has 3 N–H and O–H groups in total. The van der Waals surface area contributed by atoms with Crippen LogP contribution in [0.4, 0.5) is 10.1 Å². The summed E-state index contributed by atoms with van der Waals surface area (Å²) in [5.74, 6) is -0.908. The van der Waals surface area contributed by atoms with E-state index in [1.54, 1.807) is 19.1 Å². The van der Waals surface area contributed by atoms with Crippen LogP contribution >= 0.6 is 0 Å². The number of nitrogens with one attached hydrogen (secondary N) is 3. The maximum atomic E-state index is 14.6. The zero-order valence-electron chi connectivity index (χ0n) is 14.3. The Bertz CT molecular complexity index is 927. The van der Waals surface area contributed by atoms with Gasteiger partial charge in [0, 0.05) is 18.7 Å². The van der Waals surface area contributed by atoms with Gasteiger partial charge in [0.2, 0.25) is 10.0 Å². The van der Waals surface area contributed by atoms with Crippen molar-refractivity contribution in [2.45, 2.75) is 24.8 Å². The van der Waals surface area contributed by atoms with Crippen LogP contribution in [0.15, 0.2) is 41.3 Å². The lowest BCUT2D eigenvalue weighted by atomic mass is 9.99. The van der Waals surface area contributed by atoms with E-state index in [-0.39, 0.29) is 22.7 Å². The summed E-state index contributed by atoms with van der Waals surface area (Å²) in [6, 6.07) is 8.85. The predicted octanol–water partition coefficient (Wildman–Crippen LogP) is 2.02. The second kappa shape index (κ2) is 7.53. The molecule has 138 valence electrons. The minimum absolute atomic E-state index is 0.0726. The maximum Gasteiger partial charge on any atom is 0.255 e. The maximum absolute atomic E-state index is 14.6. The van der Waals surface area contributed by atoms with Gasteiger partial charge < -0.3 is 10.6 Å². The number of hydrogen-bond acceptors (Lipinski definition) is 4.